The highest BCUT2D eigenvalue weighted by Crippen LogP contribution is 2.41. The number of benzene rings is 2. The van der Waals surface area contributed by atoms with Gasteiger partial charge in [0.1, 0.15) is 5.75 Å². The normalized spacial score (nSPS) is 21.0. The monoisotopic (exact) mass is 422 g/mol. The van der Waals surface area contributed by atoms with Gasteiger partial charge in [-0.05, 0) is 43.1 Å². The van der Waals surface area contributed by atoms with Crippen LogP contribution in [0.15, 0.2) is 54.6 Å². The van der Waals surface area contributed by atoms with Gasteiger partial charge in [0.25, 0.3) is 0 Å². The first-order chi connectivity index (χ1) is 15.1. The first kappa shape index (κ1) is 22.3. The standard InChI is InChI=1S/C27H38N2O2/c1-28-17-19-29(20-18-28)22-26(27(30)15-6-3-7-16-27)24-10-12-25(13-11-24)31-21-14-23-8-4-2-5-9-23/h2,4-5,8-13,26,30H,3,6-7,14-22H2,1H3. The van der Waals surface area contributed by atoms with Gasteiger partial charge in [-0.25, -0.2) is 0 Å². The minimum atomic E-state index is -0.586. The molecule has 1 heterocycles. The Hall–Kier alpha value is -1.88. The minimum absolute atomic E-state index is 0.162. The molecule has 1 saturated heterocycles. The summed E-state index contributed by atoms with van der Waals surface area (Å²) in [5.74, 6) is 1.07. The molecule has 1 saturated carbocycles. The van der Waals surface area contributed by atoms with E-state index in [-0.39, 0.29) is 5.92 Å². The zero-order valence-corrected chi connectivity index (χ0v) is 19.0. The molecule has 1 unspecified atom stereocenters. The minimum Gasteiger partial charge on any atom is -0.493 e. The second kappa shape index (κ2) is 10.6. The molecule has 1 N–H and O–H groups in total. The smallest absolute Gasteiger partial charge is 0.119 e. The second-order valence-corrected chi connectivity index (χ2v) is 9.47. The molecular weight excluding hydrogens is 384 g/mol. The molecule has 1 aliphatic carbocycles. The highest BCUT2D eigenvalue weighted by atomic mass is 16.5. The van der Waals surface area contributed by atoms with E-state index in [1.54, 1.807) is 0 Å². The zero-order chi connectivity index (χ0) is 21.5. The molecule has 2 aliphatic rings. The van der Waals surface area contributed by atoms with Gasteiger partial charge in [-0.15, -0.1) is 0 Å². The summed E-state index contributed by atoms with van der Waals surface area (Å²) in [6, 6.07) is 19.0. The lowest BCUT2D eigenvalue weighted by molar-refractivity contribution is -0.0337. The Morgan fingerprint density at radius 2 is 1.58 bits per heavy atom. The third kappa shape index (κ3) is 6.09. The van der Waals surface area contributed by atoms with Gasteiger partial charge in [0.2, 0.25) is 0 Å². The summed E-state index contributed by atoms with van der Waals surface area (Å²) in [6.07, 6.45) is 6.26. The fourth-order valence-electron chi connectivity index (χ4n) is 5.11. The molecule has 4 rings (SSSR count). The van der Waals surface area contributed by atoms with E-state index in [4.69, 9.17) is 4.74 Å². The van der Waals surface area contributed by atoms with E-state index < -0.39 is 5.60 Å². The lowest BCUT2D eigenvalue weighted by atomic mass is 9.72. The molecule has 0 amide bonds. The van der Waals surface area contributed by atoms with E-state index in [9.17, 15) is 5.11 Å². The van der Waals surface area contributed by atoms with Crippen molar-refractivity contribution in [2.75, 3.05) is 46.4 Å². The summed E-state index contributed by atoms with van der Waals surface area (Å²) in [7, 11) is 2.19. The molecule has 2 aromatic rings. The largest absolute Gasteiger partial charge is 0.493 e. The predicted octanol–water partition coefficient (Wildman–Crippen LogP) is 4.33. The van der Waals surface area contributed by atoms with Crippen LogP contribution in [0.1, 0.15) is 49.1 Å². The summed E-state index contributed by atoms with van der Waals surface area (Å²) in [5, 5.41) is 11.6. The third-order valence-corrected chi connectivity index (χ3v) is 7.19. The maximum absolute atomic E-state index is 11.6. The molecular formula is C27H38N2O2. The van der Waals surface area contributed by atoms with Crippen molar-refractivity contribution in [1.82, 2.24) is 9.80 Å². The Kier molecular flexibility index (Phi) is 7.65. The molecule has 168 valence electrons. The molecule has 31 heavy (non-hydrogen) atoms. The van der Waals surface area contributed by atoms with E-state index in [1.165, 1.54) is 17.5 Å². The Morgan fingerprint density at radius 3 is 2.26 bits per heavy atom. The molecule has 4 nitrogen and oxygen atoms in total. The molecule has 2 aromatic carbocycles. The lowest BCUT2D eigenvalue weighted by Crippen LogP contribution is -2.50. The van der Waals surface area contributed by atoms with Gasteiger partial charge >= 0.3 is 0 Å². The fraction of sp³-hybridized carbons (Fsp3) is 0.556. The van der Waals surface area contributed by atoms with Crippen LogP contribution in [-0.4, -0.2) is 66.9 Å². The maximum Gasteiger partial charge on any atom is 0.119 e. The summed E-state index contributed by atoms with van der Waals surface area (Å²) in [6.45, 7) is 6.02. The SMILES string of the molecule is CN1CCN(CC(c2ccc(OCCc3ccccc3)cc2)C2(O)CCCCC2)CC1. The predicted molar refractivity (Wildman–Crippen MR) is 127 cm³/mol. The van der Waals surface area contributed by atoms with Gasteiger partial charge in [0.15, 0.2) is 0 Å². The molecule has 4 heteroatoms. The third-order valence-electron chi connectivity index (χ3n) is 7.19. The molecule has 0 radical (unpaired) electrons. The lowest BCUT2D eigenvalue weighted by Gasteiger charge is -2.43. The van der Waals surface area contributed by atoms with Crippen LogP contribution in [0.2, 0.25) is 0 Å². The van der Waals surface area contributed by atoms with Gasteiger partial charge in [-0.3, -0.25) is 0 Å². The topological polar surface area (TPSA) is 35.9 Å². The van der Waals surface area contributed by atoms with E-state index in [2.05, 4.69) is 65.4 Å². The van der Waals surface area contributed by atoms with E-state index in [0.29, 0.717) is 6.61 Å². The summed E-state index contributed by atoms with van der Waals surface area (Å²) in [4.78, 5) is 4.93. The molecule has 1 atom stereocenters. The van der Waals surface area contributed by atoms with Crippen molar-refractivity contribution >= 4 is 0 Å². The Balaban J connectivity index is 1.41. The van der Waals surface area contributed by atoms with Crippen molar-refractivity contribution in [2.24, 2.45) is 0 Å². The van der Waals surface area contributed by atoms with E-state index in [0.717, 1.165) is 70.6 Å². The van der Waals surface area contributed by atoms with Gasteiger partial charge in [-0.1, -0.05) is 61.7 Å². The van der Waals surface area contributed by atoms with Gasteiger partial charge < -0.3 is 19.6 Å². The van der Waals surface area contributed by atoms with Crippen molar-refractivity contribution in [3.63, 3.8) is 0 Å². The van der Waals surface area contributed by atoms with Crippen molar-refractivity contribution in [3.8, 4) is 5.75 Å². The van der Waals surface area contributed by atoms with E-state index >= 15 is 0 Å². The van der Waals surface area contributed by atoms with Crippen molar-refractivity contribution in [3.05, 3.63) is 65.7 Å². The molecule has 0 spiro atoms. The molecule has 1 aliphatic heterocycles. The van der Waals surface area contributed by atoms with Crippen molar-refractivity contribution < 1.29 is 9.84 Å². The number of nitrogens with zero attached hydrogens (tertiary/aromatic N) is 2. The second-order valence-electron chi connectivity index (χ2n) is 9.47. The Labute approximate surface area is 187 Å². The van der Waals surface area contributed by atoms with Crippen LogP contribution in [0.25, 0.3) is 0 Å². The van der Waals surface area contributed by atoms with Crippen LogP contribution in [0, 0.1) is 0 Å². The van der Waals surface area contributed by atoms with Crippen LogP contribution in [-0.2, 0) is 6.42 Å². The molecule has 0 aromatic heterocycles. The van der Waals surface area contributed by atoms with Crippen LogP contribution in [0.5, 0.6) is 5.75 Å². The first-order valence-corrected chi connectivity index (χ1v) is 12.0. The average molecular weight is 423 g/mol. The first-order valence-electron chi connectivity index (χ1n) is 12.0. The van der Waals surface area contributed by atoms with Crippen LogP contribution >= 0.6 is 0 Å². The van der Waals surface area contributed by atoms with Crippen LogP contribution < -0.4 is 4.74 Å². The van der Waals surface area contributed by atoms with E-state index in [1.807, 2.05) is 6.07 Å². The molecule has 0 bridgehead atoms. The van der Waals surface area contributed by atoms with Crippen molar-refractivity contribution in [2.45, 2.75) is 50.0 Å². The van der Waals surface area contributed by atoms with Crippen LogP contribution in [0.3, 0.4) is 0 Å². The Bertz CT molecular complexity index is 779. The Morgan fingerprint density at radius 1 is 0.903 bits per heavy atom. The van der Waals surface area contributed by atoms with Crippen molar-refractivity contribution in [1.29, 1.82) is 0 Å². The molecule has 2 fully saturated rings. The quantitative estimate of drug-likeness (QED) is 0.687. The summed E-state index contributed by atoms with van der Waals surface area (Å²) < 4.78 is 6.00. The number of hydrogen-bond donors (Lipinski definition) is 1. The van der Waals surface area contributed by atoms with Gasteiger partial charge in [0.05, 0.1) is 12.2 Å². The van der Waals surface area contributed by atoms with Crippen LogP contribution in [0.4, 0.5) is 0 Å². The number of hydrogen-bond acceptors (Lipinski definition) is 4. The highest BCUT2D eigenvalue weighted by molar-refractivity contribution is 5.32. The maximum atomic E-state index is 11.6. The zero-order valence-electron chi connectivity index (χ0n) is 19.0. The highest BCUT2D eigenvalue weighted by Gasteiger charge is 2.39. The summed E-state index contributed by atoms with van der Waals surface area (Å²) in [5.41, 5.74) is 1.96. The number of likely N-dealkylation sites (N-methyl/N-ethyl adjacent to an activating group) is 1. The fourth-order valence-corrected chi connectivity index (χ4v) is 5.11. The number of rotatable bonds is 8. The average Bonchev–Trinajstić information content (AvgIpc) is 2.80. The number of ether oxygens (including phenoxy) is 1. The van der Waals surface area contributed by atoms with Gasteiger partial charge in [-0.2, -0.15) is 0 Å². The summed E-state index contributed by atoms with van der Waals surface area (Å²) >= 11 is 0. The number of piperazine rings is 1. The van der Waals surface area contributed by atoms with Gasteiger partial charge in [0, 0.05) is 45.1 Å². The number of aliphatic hydroxyl groups is 1.